The predicted octanol–water partition coefficient (Wildman–Crippen LogP) is 2.58. The van der Waals surface area contributed by atoms with Gasteiger partial charge in [-0.3, -0.25) is 9.59 Å². The van der Waals surface area contributed by atoms with Gasteiger partial charge in [-0.05, 0) is 12.0 Å². The molecule has 1 aromatic rings. The lowest BCUT2D eigenvalue weighted by atomic mass is 10.0. The number of hydrogen-bond acceptors (Lipinski definition) is 3. The molecule has 5 heteroatoms. The molecule has 4 nitrogen and oxygen atoms in total. The lowest BCUT2D eigenvalue weighted by Crippen LogP contribution is -2.37. The summed E-state index contributed by atoms with van der Waals surface area (Å²) < 4.78 is 7.67. The van der Waals surface area contributed by atoms with Gasteiger partial charge in [0, 0.05) is 10.5 Å². The monoisotopic (exact) mass is 311 g/mol. The second-order valence-corrected chi connectivity index (χ2v) is 7.69. The third-order valence-electron chi connectivity index (χ3n) is 2.76. The van der Waals surface area contributed by atoms with Crippen LogP contribution in [0, 0.1) is 5.92 Å². The van der Waals surface area contributed by atoms with Crippen molar-refractivity contribution in [2.24, 2.45) is 5.92 Å². The molecule has 21 heavy (non-hydrogen) atoms. The Morgan fingerprint density at radius 1 is 1.38 bits per heavy atom. The fraction of sp³-hybridized carbons (Fsp3) is 0.500. The van der Waals surface area contributed by atoms with Gasteiger partial charge in [-0.15, -0.1) is 0 Å². The van der Waals surface area contributed by atoms with E-state index in [1.807, 2.05) is 6.07 Å². The third kappa shape index (κ3) is 7.75. The van der Waals surface area contributed by atoms with Crippen molar-refractivity contribution in [3.8, 4) is 0 Å². The zero-order valence-corrected chi connectivity index (χ0v) is 13.5. The Labute approximate surface area is 131 Å². The summed E-state index contributed by atoms with van der Waals surface area (Å²) in [5, 5.41) is 11.1. The molecule has 1 unspecified atom stereocenters. The van der Waals surface area contributed by atoms with Gasteiger partial charge in [0.1, 0.15) is 6.54 Å². The quantitative estimate of drug-likeness (QED) is 0.812. The number of rotatable bonds is 7. The number of benzene rings is 1. The van der Waals surface area contributed by atoms with Gasteiger partial charge in [0.25, 0.3) is 0 Å². The van der Waals surface area contributed by atoms with Gasteiger partial charge >= 0.3 is 5.97 Å². The van der Waals surface area contributed by atoms with E-state index in [9.17, 15) is 9.59 Å². The first-order valence-electron chi connectivity index (χ1n) is 7.36. The van der Waals surface area contributed by atoms with Crippen molar-refractivity contribution in [1.29, 1.82) is 0 Å². The van der Waals surface area contributed by atoms with Crippen LogP contribution in [0.2, 0.25) is 0 Å². The first kappa shape index (κ1) is 15.9. The summed E-state index contributed by atoms with van der Waals surface area (Å²) in [6, 6.07) is 7.51. The molecule has 0 spiro atoms. The molecule has 1 rings (SSSR count). The molecule has 0 aliphatic rings. The Morgan fingerprint density at radius 3 is 2.67 bits per heavy atom. The number of thioether (sulfide) groups is 1. The first-order chi connectivity index (χ1) is 10.2. The number of carboxylic acid groups (broad SMARTS) is 1. The van der Waals surface area contributed by atoms with Crippen molar-refractivity contribution < 1.29 is 16.1 Å². The average molecular weight is 311 g/mol. The Balaban J connectivity index is 2.76. The molecule has 1 amide bonds. The average Bonchev–Trinajstić information content (AvgIpc) is 2.39. The highest BCUT2D eigenvalue weighted by atomic mass is 32.2. The summed E-state index contributed by atoms with van der Waals surface area (Å²) in [5.41, 5.74) is 0.914. The molecular weight excluding hydrogens is 286 g/mol. The number of carbonyl (C=O) groups excluding carboxylic acids is 1. The Hall–Kier alpha value is -1.49. The minimum atomic E-state index is -1.05. The van der Waals surface area contributed by atoms with Crippen molar-refractivity contribution in [2.75, 3.05) is 12.3 Å². The van der Waals surface area contributed by atoms with Crippen molar-refractivity contribution in [1.82, 2.24) is 5.32 Å². The molecule has 0 aromatic heterocycles. The number of aliphatic carboxylic acids is 1. The van der Waals surface area contributed by atoms with Gasteiger partial charge in [-0.25, -0.2) is 0 Å². The van der Waals surface area contributed by atoms with Crippen LogP contribution in [-0.4, -0.2) is 34.0 Å². The maximum Gasteiger partial charge on any atom is 0.322 e. The van der Waals surface area contributed by atoms with Crippen LogP contribution in [0.3, 0.4) is 0 Å². The van der Waals surface area contributed by atoms with Gasteiger partial charge in [0.15, 0.2) is 0 Å². The normalized spacial score (nSPS) is 13.4. The van der Waals surface area contributed by atoms with E-state index >= 15 is 0 Å². The van der Waals surface area contributed by atoms with E-state index in [4.69, 9.17) is 6.48 Å². The van der Waals surface area contributed by atoms with Crippen molar-refractivity contribution in [2.45, 2.75) is 31.9 Å². The van der Waals surface area contributed by atoms with Gasteiger partial charge in [-0.1, -0.05) is 51.1 Å². The predicted molar refractivity (Wildman–Crippen MR) is 86.5 cm³/mol. The van der Waals surface area contributed by atoms with Crippen molar-refractivity contribution in [3.05, 3.63) is 35.9 Å². The highest BCUT2D eigenvalue weighted by molar-refractivity contribution is 8.00. The van der Waals surface area contributed by atoms with Crippen LogP contribution >= 0.6 is 11.8 Å². The summed E-state index contributed by atoms with van der Waals surface area (Å²) in [5.74, 6) is -1.01. The van der Waals surface area contributed by atoms with Crippen molar-refractivity contribution >= 4 is 23.6 Å². The highest BCUT2D eigenvalue weighted by Gasteiger charge is 2.22. The molecule has 0 aliphatic heterocycles. The van der Waals surface area contributed by atoms with E-state index in [1.165, 1.54) is 0 Å². The van der Waals surface area contributed by atoms with Crippen LogP contribution in [0.5, 0.6) is 0 Å². The van der Waals surface area contributed by atoms with Crippen LogP contribution < -0.4 is 5.32 Å². The van der Waals surface area contributed by atoms with Crippen molar-refractivity contribution in [3.63, 3.8) is 0 Å². The molecular formula is C16H23NO3S. The number of hydrogen-bond donors (Lipinski definition) is 2. The molecule has 0 saturated carbocycles. The minimum absolute atomic E-state index is 0.0304. The van der Waals surface area contributed by atoms with E-state index in [1.54, 1.807) is 30.0 Å². The summed E-state index contributed by atoms with van der Waals surface area (Å²) in [6.07, 6.45) is 0.501. The maximum absolute atomic E-state index is 12.2. The molecule has 116 valence electrons. The smallest absolute Gasteiger partial charge is 0.322 e. The minimum Gasteiger partial charge on any atom is -0.480 e. The Morgan fingerprint density at radius 2 is 2.10 bits per heavy atom. The van der Waals surface area contributed by atoms with E-state index in [2.05, 4.69) is 26.1 Å². The molecule has 0 fully saturated rings. The van der Waals surface area contributed by atoms with E-state index in [0.29, 0.717) is 18.2 Å². The number of carbonyl (C=O) groups is 2. The second kappa shape index (κ2) is 8.08. The maximum atomic E-state index is 12.2. The van der Waals surface area contributed by atoms with Crippen LogP contribution in [-0.2, 0) is 16.0 Å². The molecule has 1 atom stereocenters. The topological polar surface area (TPSA) is 66.4 Å². The van der Waals surface area contributed by atoms with Crippen LogP contribution in [0.1, 0.15) is 27.7 Å². The third-order valence-corrected chi connectivity index (χ3v) is 4.19. The highest BCUT2D eigenvalue weighted by Crippen LogP contribution is 2.26. The lowest BCUT2D eigenvalue weighted by Gasteiger charge is -2.22. The van der Waals surface area contributed by atoms with Gasteiger partial charge in [-0.2, -0.15) is 11.8 Å². The number of carboxylic acids is 1. The zero-order valence-electron chi connectivity index (χ0n) is 13.7. The molecule has 0 aliphatic carbocycles. The van der Waals surface area contributed by atoms with E-state index in [0.717, 1.165) is 5.56 Å². The molecule has 0 heterocycles. The Bertz CT molecular complexity index is 528. The van der Waals surface area contributed by atoms with Crippen LogP contribution in [0.25, 0.3) is 0 Å². The SMILES string of the molecule is [3H]c1cccc(CC(CSC(C)(C)C)C(=O)NCC(=O)O)c1. The summed E-state index contributed by atoms with van der Waals surface area (Å²) in [7, 11) is 0. The fourth-order valence-electron chi connectivity index (χ4n) is 1.73. The molecule has 0 radical (unpaired) electrons. The van der Waals surface area contributed by atoms with Gasteiger partial charge in [0.05, 0.1) is 7.29 Å². The second-order valence-electron chi connectivity index (χ2n) is 5.85. The number of amides is 1. The zero-order chi connectivity index (χ0) is 16.8. The van der Waals surface area contributed by atoms with E-state index < -0.39 is 5.97 Å². The van der Waals surface area contributed by atoms with Gasteiger partial charge in [0.2, 0.25) is 5.91 Å². The Kier molecular flexibility index (Phi) is 6.11. The fourth-order valence-corrected chi connectivity index (χ4v) is 2.70. The largest absolute Gasteiger partial charge is 0.480 e. The molecule has 1 aromatic carbocycles. The summed E-state index contributed by atoms with van der Waals surface area (Å²) >= 11 is 1.67. The summed E-state index contributed by atoms with van der Waals surface area (Å²) in [6.45, 7) is 5.87. The van der Waals surface area contributed by atoms with Gasteiger partial charge < -0.3 is 10.4 Å². The van der Waals surface area contributed by atoms with Crippen LogP contribution in [0.4, 0.5) is 0 Å². The standard InChI is InChI=1S/C16H23NO3S/c1-16(2,3)21-11-13(15(20)17-10-14(18)19)9-12-7-5-4-6-8-12/h4-8,13H,9-11H2,1-3H3,(H,17,20)(H,18,19)/i5T. The van der Waals surface area contributed by atoms with E-state index in [-0.39, 0.29) is 23.1 Å². The number of nitrogens with one attached hydrogen (secondary N) is 1. The molecule has 0 bridgehead atoms. The lowest BCUT2D eigenvalue weighted by molar-refractivity contribution is -0.138. The van der Waals surface area contributed by atoms with Crippen LogP contribution in [0.15, 0.2) is 30.3 Å². The first-order valence-corrected chi connectivity index (χ1v) is 7.85. The summed E-state index contributed by atoms with van der Waals surface area (Å²) in [4.78, 5) is 22.8. The molecule has 2 N–H and O–H groups in total. The molecule has 0 saturated heterocycles.